The molecular formula is C12H19FN2. The third-order valence-electron chi connectivity index (χ3n) is 2.75. The van der Waals surface area contributed by atoms with Crippen LogP contribution in [0.25, 0.3) is 0 Å². The molecule has 1 aromatic carbocycles. The molecule has 0 aliphatic heterocycles. The lowest BCUT2D eigenvalue weighted by Gasteiger charge is -2.22. The van der Waals surface area contributed by atoms with Crippen molar-refractivity contribution in [1.29, 1.82) is 0 Å². The monoisotopic (exact) mass is 210 g/mol. The van der Waals surface area contributed by atoms with Crippen LogP contribution in [0, 0.1) is 11.7 Å². The second kappa shape index (κ2) is 5.83. The van der Waals surface area contributed by atoms with E-state index in [0.29, 0.717) is 5.92 Å². The maximum Gasteiger partial charge on any atom is 0.123 e. The van der Waals surface area contributed by atoms with Gasteiger partial charge in [-0.15, -0.1) is 0 Å². The van der Waals surface area contributed by atoms with Crippen molar-refractivity contribution in [3.8, 4) is 0 Å². The number of rotatable bonds is 5. The van der Waals surface area contributed by atoms with Crippen molar-refractivity contribution in [2.45, 2.75) is 19.4 Å². The fourth-order valence-corrected chi connectivity index (χ4v) is 1.74. The molecule has 0 fully saturated rings. The van der Waals surface area contributed by atoms with Crippen molar-refractivity contribution in [3.05, 3.63) is 35.6 Å². The highest BCUT2D eigenvalue weighted by Gasteiger charge is 2.16. The van der Waals surface area contributed by atoms with Gasteiger partial charge in [0.15, 0.2) is 0 Å². The van der Waals surface area contributed by atoms with E-state index in [2.05, 4.69) is 12.2 Å². The molecule has 0 aliphatic carbocycles. The normalized spacial score (nSPS) is 14.9. The van der Waals surface area contributed by atoms with E-state index < -0.39 is 0 Å². The predicted octanol–water partition coefficient (Wildman–Crippen LogP) is 2.07. The molecule has 3 heteroatoms. The van der Waals surface area contributed by atoms with Crippen LogP contribution in [0.5, 0.6) is 0 Å². The molecular weight excluding hydrogens is 191 g/mol. The molecule has 0 bridgehead atoms. The summed E-state index contributed by atoms with van der Waals surface area (Å²) in [4.78, 5) is 0. The lowest BCUT2D eigenvalue weighted by Crippen LogP contribution is -2.29. The minimum atomic E-state index is -0.215. The number of hydrogen-bond donors (Lipinski definition) is 2. The van der Waals surface area contributed by atoms with Crippen molar-refractivity contribution in [2.75, 3.05) is 13.6 Å². The van der Waals surface area contributed by atoms with E-state index in [-0.39, 0.29) is 11.9 Å². The first-order chi connectivity index (χ1) is 7.19. The van der Waals surface area contributed by atoms with Gasteiger partial charge in [-0.05, 0) is 37.2 Å². The average molecular weight is 210 g/mol. The van der Waals surface area contributed by atoms with Crippen molar-refractivity contribution < 1.29 is 4.39 Å². The summed E-state index contributed by atoms with van der Waals surface area (Å²) in [6, 6.07) is 6.42. The number of benzene rings is 1. The van der Waals surface area contributed by atoms with Gasteiger partial charge in [-0.3, -0.25) is 0 Å². The lowest BCUT2D eigenvalue weighted by molar-refractivity contribution is 0.403. The number of halogens is 1. The molecule has 2 nitrogen and oxygen atoms in total. The zero-order valence-electron chi connectivity index (χ0n) is 9.33. The first-order valence-electron chi connectivity index (χ1n) is 5.34. The molecule has 0 saturated carbocycles. The summed E-state index contributed by atoms with van der Waals surface area (Å²) >= 11 is 0. The molecule has 15 heavy (non-hydrogen) atoms. The highest BCUT2D eigenvalue weighted by Crippen LogP contribution is 2.21. The standard InChI is InChI=1S/C12H19FN2/c1-3-9(8-15-2)12(14)10-4-6-11(13)7-5-10/h4-7,9,12,15H,3,8,14H2,1-2H3. The van der Waals surface area contributed by atoms with E-state index in [4.69, 9.17) is 5.73 Å². The zero-order valence-corrected chi connectivity index (χ0v) is 9.33. The van der Waals surface area contributed by atoms with Gasteiger partial charge in [0.25, 0.3) is 0 Å². The average Bonchev–Trinajstić information content (AvgIpc) is 2.26. The van der Waals surface area contributed by atoms with E-state index in [1.807, 2.05) is 7.05 Å². The third-order valence-corrected chi connectivity index (χ3v) is 2.75. The molecule has 2 atom stereocenters. The van der Waals surface area contributed by atoms with Gasteiger partial charge in [0, 0.05) is 6.04 Å². The second-order valence-corrected chi connectivity index (χ2v) is 3.80. The first-order valence-corrected chi connectivity index (χ1v) is 5.34. The van der Waals surface area contributed by atoms with Gasteiger partial charge < -0.3 is 11.1 Å². The Hall–Kier alpha value is -0.930. The van der Waals surface area contributed by atoms with Gasteiger partial charge in [0.1, 0.15) is 5.82 Å². The molecule has 0 aliphatic rings. The van der Waals surface area contributed by atoms with E-state index >= 15 is 0 Å². The van der Waals surface area contributed by atoms with Crippen molar-refractivity contribution in [2.24, 2.45) is 11.7 Å². The second-order valence-electron chi connectivity index (χ2n) is 3.80. The highest BCUT2D eigenvalue weighted by atomic mass is 19.1. The summed E-state index contributed by atoms with van der Waals surface area (Å²) in [5, 5.41) is 3.13. The van der Waals surface area contributed by atoms with Gasteiger partial charge in [0.05, 0.1) is 0 Å². The molecule has 1 aromatic rings. The molecule has 1 rings (SSSR count). The van der Waals surface area contributed by atoms with Crippen LogP contribution in [0.4, 0.5) is 4.39 Å². The van der Waals surface area contributed by atoms with Crippen LogP contribution < -0.4 is 11.1 Å². The molecule has 2 unspecified atom stereocenters. The van der Waals surface area contributed by atoms with Gasteiger partial charge in [-0.2, -0.15) is 0 Å². The summed E-state index contributed by atoms with van der Waals surface area (Å²) in [5.74, 6) is 0.174. The van der Waals surface area contributed by atoms with Gasteiger partial charge in [0.2, 0.25) is 0 Å². The highest BCUT2D eigenvalue weighted by molar-refractivity contribution is 5.20. The summed E-state index contributed by atoms with van der Waals surface area (Å²) in [6.45, 7) is 3.00. The largest absolute Gasteiger partial charge is 0.324 e. The summed E-state index contributed by atoms with van der Waals surface area (Å²) in [5.41, 5.74) is 7.12. The number of nitrogens with one attached hydrogen (secondary N) is 1. The van der Waals surface area contributed by atoms with Crippen molar-refractivity contribution >= 4 is 0 Å². The van der Waals surface area contributed by atoms with Crippen LogP contribution in [0.15, 0.2) is 24.3 Å². The molecule has 0 amide bonds. The Morgan fingerprint density at radius 3 is 2.40 bits per heavy atom. The van der Waals surface area contributed by atoms with Crippen molar-refractivity contribution in [3.63, 3.8) is 0 Å². The fraction of sp³-hybridized carbons (Fsp3) is 0.500. The minimum absolute atomic E-state index is 0.0250. The van der Waals surface area contributed by atoms with Crippen LogP contribution in [0.2, 0.25) is 0 Å². The van der Waals surface area contributed by atoms with Crippen LogP contribution in [0.1, 0.15) is 24.9 Å². The van der Waals surface area contributed by atoms with Crippen LogP contribution >= 0.6 is 0 Å². The fourth-order valence-electron chi connectivity index (χ4n) is 1.74. The SMILES string of the molecule is CCC(CNC)C(N)c1ccc(F)cc1. The Bertz CT molecular complexity index is 284. The topological polar surface area (TPSA) is 38.0 Å². The molecule has 0 aromatic heterocycles. The smallest absolute Gasteiger partial charge is 0.123 e. The van der Waals surface area contributed by atoms with Gasteiger partial charge in [-0.25, -0.2) is 4.39 Å². The van der Waals surface area contributed by atoms with Crippen LogP contribution in [-0.4, -0.2) is 13.6 Å². The Labute approximate surface area is 90.7 Å². The number of nitrogens with two attached hydrogens (primary N) is 1. The van der Waals surface area contributed by atoms with E-state index in [9.17, 15) is 4.39 Å². The van der Waals surface area contributed by atoms with Gasteiger partial charge >= 0.3 is 0 Å². The Morgan fingerprint density at radius 2 is 1.93 bits per heavy atom. The minimum Gasteiger partial charge on any atom is -0.324 e. The molecule has 0 spiro atoms. The van der Waals surface area contributed by atoms with Crippen molar-refractivity contribution in [1.82, 2.24) is 5.32 Å². The van der Waals surface area contributed by atoms with Gasteiger partial charge in [-0.1, -0.05) is 25.5 Å². The summed E-state index contributed by atoms with van der Waals surface area (Å²) in [6.07, 6.45) is 1.01. The molecule has 0 saturated heterocycles. The molecule has 0 radical (unpaired) electrons. The molecule has 3 N–H and O–H groups in total. The Morgan fingerprint density at radius 1 is 1.33 bits per heavy atom. The summed E-state index contributed by atoms with van der Waals surface area (Å²) < 4.78 is 12.7. The third kappa shape index (κ3) is 3.29. The number of hydrogen-bond acceptors (Lipinski definition) is 2. The first kappa shape index (κ1) is 12.1. The van der Waals surface area contributed by atoms with E-state index in [0.717, 1.165) is 18.5 Å². The quantitative estimate of drug-likeness (QED) is 0.780. The van der Waals surface area contributed by atoms with E-state index in [1.54, 1.807) is 12.1 Å². The van der Waals surface area contributed by atoms with E-state index in [1.165, 1.54) is 12.1 Å². The maximum absolute atomic E-state index is 12.7. The predicted molar refractivity (Wildman–Crippen MR) is 61.0 cm³/mol. The lowest BCUT2D eigenvalue weighted by atomic mass is 9.91. The summed E-state index contributed by atoms with van der Waals surface area (Å²) in [7, 11) is 1.92. The molecule has 84 valence electrons. The van der Waals surface area contributed by atoms with Crippen LogP contribution in [-0.2, 0) is 0 Å². The zero-order chi connectivity index (χ0) is 11.3. The van der Waals surface area contributed by atoms with Crippen LogP contribution in [0.3, 0.4) is 0 Å². The Kier molecular flexibility index (Phi) is 4.72. The molecule has 0 heterocycles. The Balaban J connectivity index is 2.73. The maximum atomic E-state index is 12.7.